The van der Waals surface area contributed by atoms with Gasteiger partial charge in [-0.15, -0.1) is 0 Å². The number of rotatable bonds is 5. The molecule has 2 N–H and O–H groups in total. The fourth-order valence-corrected chi connectivity index (χ4v) is 1.42. The quantitative estimate of drug-likeness (QED) is 0.853. The van der Waals surface area contributed by atoms with Crippen LogP contribution in [0.15, 0.2) is 18.2 Å². The van der Waals surface area contributed by atoms with Gasteiger partial charge >= 0.3 is 0 Å². The van der Waals surface area contributed by atoms with Gasteiger partial charge < -0.3 is 10.6 Å². The average molecular weight is 259 g/mol. The van der Waals surface area contributed by atoms with Gasteiger partial charge in [0.25, 0.3) is 0 Å². The monoisotopic (exact) mass is 258 g/mol. The molecule has 0 heterocycles. The van der Waals surface area contributed by atoms with Crippen LogP contribution >= 0.6 is 11.6 Å². The highest BCUT2D eigenvalue weighted by molar-refractivity contribution is 6.31. The van der Waals surface area contributed by atoms with Crippen LogP contribution in [0.2, 0.25) is 5.02 Å². The fourth-order valence-electron chi connectivity index (χ4n) is 1.24. The second-order valence-electron chi connectivity index (χ2n) is 3.83. The van der Waals surface area contributed by atoms with Crippen molar-refractivity contribution in [1.29, 1.82) is 0 Å². The Morgan fingerprint density at radius 3 is 2.88 bits per heavy atom. The Balaban J connectivity index is 2.50. The first-order valence-electron chi connectivity index (χ1n) is 5.51. The van der Waals surface area contributed by atoms with Gasteiger partial charge in [-0.05, 0) is 25.5 Å². The molecular formula is C12H16ClFN2O. The minimum absolute atomic E-state index is 0.0294. The van der Waals surface area contributed by atoms with Crippen LogP contribution in [-0.2, 0) is 4.79 Å². The molecule has 0 aromatic heterocycles. The minimum Gasteiger partial charge on any atom is -0.374 e. The smallest absolute Gasteiger partial charge is 0.239 e. The third-order valence-electron chi connectivity index (χ3n) is 2.41. The van der Waals surface area contributed by atoms with Gasteiger partial charge in [-0.2, -0.15) is 0 Å². The Bertz CT molecular complexity index is 398. The molecule has 1 amide bonds. The van der Waals surface area contributed by atoms with Crippen molar-refractivity contribution in [2.24, 2.45) is 0 Å². The number of carbonyl (C=O) groups excluding carboxylic acids is 1. The lowest BCUT2D eigenvalue weighted by atomic mass is 10.2. The molecule has 0 fully saturated rings. The van der Waals surface area contributed by atoms with Gasteiger partial charge in [0.2, 0.25) is 5.91 Å². The van der Waals surface area contributed by atoms with Gasteiger partial charge in [-0.3, -0.25) is 4.79 Å². The van der Waals surface area contributed by atoms with E-state index in [1.807, 2.05) is 13.8 Å². The van der Waals surface area contributed by atoms with Gasteiger partial charge in [0.15, 0.2) is 5.82 Å². The van der Waals surface area contributed by atoms with Crippen molar-refractivity contribution in [1.82, 2.24) is 5.32 Å². The lowest BCUT2D eigenvalue weighted by molar-refractivity contribution is -0.120. The maximum Gasteiger partial charge on any atom is 0.239 e. The van der Waals surface area contributed by atoms with Crippen LogP contribution in [0.1, 0.15) is 20.3 Å². The summed E-state index contributed by atoms with van der Waals surface area (Å²) in [7, 11) is 0. The number of halogens is 2. The van der Waals surface area contributed by atoms with Crippen molar-refractivity contribution in [2.45, 2.75) is 26.3 Å². The Morgan fingerprint density at radius 1 is 1.53 bits per heavy atom. The van der Waals surface area contributed by atoms with Crippen molar-refractivity contribution < 1.29 is 9.18 Å². The second kappa shape index (κ2) is 6.45. The van der Waals surface area contributed by atoms with Crippen molar-refractivity contribution in [3.63, 3.8) is 0 Å². The zero-order valence-corrected chi connectivity index (χ0v) is 10.6. The molecule has 17 heavy (non-hydrogen) atoms. The van der Waals surface area contributed by atoms with Crippen molar-refractivity contribution >= 4 is 23.2 Å². The summed E-state index contributed by atoms with van der Waals surface area (Å²) in [5.74, 6) is -0.704. The fraction of sp³-hybridized carbons (Fsp3) is 0.417. The summed E-state index contributed by atoms with van der Waals surface area (Å²) >= 11 is 5.62. The number of benzene rings is 1. The summed E-state index contributed by atoms with van der Waals surface area (Å²) in [6.45, 7) is 3.93. The maximum atomic E-state index is 13.5. The molecule has 3 nitrogen and oxygen atoms in total. The number of hydrogen-bond acceptors (Lipinski definition) is 2. The third-order valence-corrected chi connectivity index (χ3v) is 2.70. The van der Waals surface area contributed by atoms with Gasteiger partial charge in [0.1, 0.15) is 0 Å². The Morgan fingerprint density at radius 2 is 2.24 bits per heavy atom. The van der Waals surface area contributed by atoms with Crippen LogP contribution in [0.4, 0.5) is 10.1 Å². The Hall–Kier alpha value is -1.29. The predicted molar refractivity (Wildman–Crippen MR) is 67.8 cm³/mol. The molecule has 1 aromatic rings. The number of carbonyl (C=O) groups is 1. The summed E-state index contributed by atoms with van der Waals surface area (Å²) in [6.07, 6.45) is 0.858. The molecule has 5 heteroatoms. The molecule has 0 radical (unpaired) electrons. The summed E-state index contributed by atoms with van der Waals surface area (Å²) in [6, 6.07) is 4.74. The van der Waals surface area contributed by atoms with Crippen LogP contribution in [0.3, 0.4) is 0 Å². The van der Waals surface area contributed by atoms with Crippen LogP contribution in [-0.4, -0.2) is 18.5 Å². The lowest BCUT2D eigenvalue weighted by Crippen LogP contribution is -2.36. The molecule has 0 saturated heterocycles. The summed E-state index contributed by atoms with van der Waals surface area (Å²) in [5, 5.41) is 5.53. The molecule has 1 atom stereocenters. The van der Waals surface area contributed by atoms with E-state index in [0.717, 1.165) is 6.42 Å². The number of anilines is 1. The zero-order valence-electron chi connectivity index (χ0n) is 9.89. The van der Waals surface area contributed by atoms with Crippen molar-refractivity contribution in [3.8, 4) is 0 Å². The molecule has 1 aromatic carbocycles. The summed E-state index contributed by atoms with van der Waals surface area (Å²) < 4.78 is 13.5. The van der Waals surface area contributed by atoms with Crippen LogP contribution in [0.5, 0.6) is 0 Å². The van der Waals surface area contributed by atoms with E-state index in [1.165, 1.54) is 12.1 Å². The van der Waals surface area contributed by atoms with Gasteiger partial charge in [0, 0.05) is 6.04 Å². The molecule has 0 bridgehead atoms. The average Bonchev–Trinajstić information content (AvgIpc) is 2.31. The predicted octanol–water partition coefficient (Wildman–Crippen LogP) is 2.81. The highest BCUT2D eigenvalue weighted by atomic mass is 35.5. The van der Waals surface area contributed by atoms with Crippen LogP contribution in [0.25, 0.3) is 0 Å². The van der Waals surface area contributed by atoms with E-state index in [-0.39, 0.29) is 29.2 Å². The molecule has 1 rings (SSSR count). The van der Waals surface area contributed by atoms with E-state index in [0.29, 0.717) is 0 Å². The van der Waals surface area contributed by atoms with E-state index in [2.05, 4.69) is 10.6 Å². The highest BCUT2D eigenvalue weighted by Gasteiger charge is 2.08. The Kier molecular flexibility index (Phi) is 5.22. The van der Waals surface area contributed by atoms with E-state index in [9.17, 15) is 9.18 Å². The van der Waals surface area contributed by atoms with Crippen LogP contribution < -0.4 is 10.6 Å². The molecule has 0 spiro atoms. The topological polar surface area (TPSA) is 41.1 Å². The first-order chi connectivity index (χ1) is 8.04. The Labute approximate surface area is 105 Å². The normalized spacial score (nSPS) is 12.0. The van der Waals surface area contributed by atoms with Crippen LogP contribution in [0, 0.1) is 5.82 Å². The third kappa shape index (κ3) is 4.23. The number of hydrogen-bond donors (Lipinski definition) is 2. The molecular weight excluding hydrogens is 243 g/mol. The van der Waals surface area contributed by atoms with Gasteiger partial charge in [-0.1, -0.05) is 24.6 Å². The molecule has 94 valence electrons. The first-order valence-corrected chi connectivity index (χ1v) is 5.89. The molecule has 0 aliphatic carbocycles. The molecule has 1 unspecified atom stereocenters. The lowest BCUT2D eigenvalue weighted by Gasteiger charge is -2.12. The maximum absolute atomic E-state index is 13.5. The molecule has 0 aliphatic rings. The van der Waals surface area contributed by atoms with E-state index < -0.39 is 5.82 Å². The zero-order chi connectivity index (χ0) is 12.8. The summed E-state index contributed by atoms with van der Waals surface area (Å²) in [5.41, 5.74) is 0.233. The molecule has 0 aliphatic heterocycles. The van der Waals surface area contributed by atoms with E-state index in [4.69, 9.17) is 11.6 Å². The second-order valence-corrected chi connectivity index (χ2v) is 4.24. The van der Waals surface area contributed by atoms with E-state index >= 15 is 0 Å². The number of amides is 1. The van der Waals surface area contributed by atoms with Gasteiger partial charge in [0.05, 0.1) is 17.3 Å². The minimum atomic E-state index is -0.537. The highest BCUT2D eigenvalue weighted by Crippen LogP contribution is 2.21. The largest absolute Gasteiger partial charge is 0.374 e. The standard InChI is InChI=1S/C12H16ClFN2O/c1-3-8(2)16-11(17)7-15-10-6-4-5-9(13)12(10)14/h4-6,8,15H,3,7H2,1-2H3,(H,16,17). The van der Waals surface area contributed by atoms with Crippen molar-refractivity contribution in [2.75, 3.05) is 11.9 Å². The SMILES string of the molecule is CCC(C)NC(=O)CNc1cccc(Cl)c1F. The van der Waals surface area contributed by atoms with E-state index in [1.54, 1.807) is 6.07 Å². The van der Waals surface area contributed by atoms with Gasteiger partial charge in [-0.25, -0.2) is 4.39 Å². The molecule has 0 saturated carbocycles. The van der Waals surface area contributed by atoms with Crippen molar-refractivity contribution in [3.05, 3.63) is 29.0 Å². The summed E-state index contributed by atoms with van der Waals surface area (Å²) in [4.78, 5) is 11.5. The number of nitrogens with one attached hydrogen (secondary N) is 2. The first kappa shape index (κ1) is 13.8.